The van der Waals surface area contributed by atoms with Gasteiger partial charge < -0.3 is 57.9 Å². The molecule has 0 bridgehead atoms. The lowest BCUT2D eigenvalue weighted by atomic mass is 10.0. The van der Waals surface area contributed by atoms with Crippen molar-refractivity contribution in [2.24, 2.45) is 0 Å². The highest BCUT2D eigenvalue weighted by atomic mass is 31.2. The number of amides is 2. The first kappa shape index (κ1) is 102. The van der Waals surface area contributed by atoms with Crippen molar-refractivity contribution < 1.29 is 61.6 Å². The summed E-state index contributed by atoms with van der Waals surface area (Å²) in [5, 5.41) is 15.6. The predicted octanol–water partition coefficient (Wildman–Crippen LogP) is 24.0. The molecule has 5 atom stereocenters. The van der Waals surface area contributed by atoms with Crippen LogP contribution in [-0.2, 0) is 46.7 Å². The van der Waals surface area contributed by atoms with Crippen molar-refractivity contribution in [1.82, 2.24) is 10.6 Å². The van der Waals surface area contributed by atoms with E-state index in [1.165, 1.54) is 322 Å². The van der Waals surface area contributed by atoms with Crippen LogP contribution in [0, 0.1) is 0 Å². The van der Waals surface area contributed by atoms with Crippen molar-refractivity contribution in [2.75, 3.05) is 46.8 Å². The second-order valence-corrected chi connectivity index (χ2v) is 29.2. The summed E-state index contributed by atoms with van der Waals surface area (Å²) >= 11 is 0. The molecule has 5 unspecified atom stereocenters. The van der Waals surface area contributed by atoms with Gasteiger partial charge in [-0.3, -0.25) is 14.4 Å². The molecule has 0 aliphatic heterocycles. The third kappa shape index (κ3) is 92.6. The number of ether oxygens (including phenoxy) is 2. The Balaban J connectivity index is -0.000000966. The molecule has 17 heteroatoms. The van der Waals surface area contributed by atoms with E-state index in [2.05, 4.69) is 45.3 Å². The van der Waals surface area contributed by atoms with Gasteiger partial charge in [0, 0.05) is 26.4 Å². The van der Waals surface area contributed by atoms with E-state index in [1.54, 1.807) is 0 Å². The van der Waals surface area contributed by atoms with E-state index in [0.717, 1.165) is 57.7 Å². The Morgan fingerprint density at radius 2 is 0.608 bits per heavy atom. The van der Waals surface area contributed by atoms with Gasteiger partial charge >= 0.3 is 23.2 Å². The van der Waals surface area contributed by atoms with Gasteiger partial charge in [0.25, 0.3) is 0 Å². The van der Waals surface area contributed by atoms with Gasteiger partial charge in [0.05, 0.1) is 45.1 Å². The molecule has 0 aliphatic rings. The van der Waals surface area contributed by atoms with Crippen LogP contribution in [0.1, 0.15) is 427 Å². The summed E-state index contributed by atoms with van der Waals surface area (Å²) in [5.74, 6) is -0.461. The molecule has 5 N–H and O–H groups in total. The highest BCUT2D eigenvalue weighted by molar-refractivity contribution is 7.40. The van der Waals surface area contributed by atoms with Gasteiger partial charge in [-0.25, -0.2) is 0 Å². The molecule has 97 heavy (non-hydrogen) atoms. The van der Waals surface area contributed by atoms with E-state index in [4.69, 9.17) is 27.6 Å². The van der Waals surface area contributed by atoms with Crippen molar-refractivity contribution in [3.05, 3.63) is 0 Å². The van der Waals surface area contributed by atoms with Crippen molar-refractivity contribution in [3.63, 3.8) is 0 Å². The molecular formula is C80H164N2O13P2. The van der Waals surface area contributed by atoms with Crippen LogP contribution in [0.4, 0.5) is 0 Å². The number of hydrogen-bond donors (Lipinski definition) is 5. The minimum Gasteiger partial charge on any atom is -0.463 e. The zero-order valence-electron chi connectivity index (χ0n) is 65.2. The van der Waals surface area contributed by atoms with Gasteiger partial charge in [-0.2, -0.15) is 0 Å². The van der Waals surface area contributed by atoms with Gasteiger partial charge in [0.15, 0.2) is 0 Å². The molecule has 0 heterocycles. The Morgan fingerprint density at radius 3 is 0.887 bits per heavy atom. The number of esters is 1. The summed E-state index contributed by atoms with van der Waals surface area (Å²) in [7, 11) is -3.29. The number of aliphatic hydroxyl groups is 1. The Labute approximate surface area is 603 Å². The summed E-state index contributed by atoms with van der Waals surface area (Å²) in [4.78, 5) is 66.2. The van der Waals surface area contributed by atoms with Crippen LogP contribution >= 0.6 is 17.2 Å². The van der Waals surface area contributed by atoms with Gasteiger partial charge in [0.1, 0.15) is 19.0 Å². The Kier molecular flexibility index (Phi) is 97.4. The molecule has 0 aliphatic carbocycles. The zero-order valence-corrected chi connectivity index (χ0v) is 67.0. The topological polar surface area (TPSA) is 208 Å². The van der Waals surface area contributed by atoms with Crippen molar-refractivity contribution >= 4 is 41.8 Å². The summed E-state index contributed by atoms with van der Waals surface area (Å²) in [5.41, 5.74) is 0. The molecule has 0 aromatic rings. The fourth-order valence-corrected chi connectivity index (χ4v) is 12.9. The van der Waals surface area contributed by atoms with Crippen LogP contribution in [-0.4, -0.2) is 104 Å². The van der Waals surface area contributed by atoms with Crippen molar-refractivity contribution in [1.29, 1.82) is 0 Å². The minimum atomic E-state index is -2.43. The fourth-order valence-electron chi connectivity index (χ4n) is 11.5. The molecule has 0 fully saturated rings. The second-order valence-electron chi connectivity index (χ2n) is 27.2. The first-order chi connectivity index (χ1) is 47.6. The fraction of sp³-hybridized carbons (Fsp3) is 0.950. The number of aldehydes is 1. The normalized spacial score (nSPS) is 12.6. The summed E-state index contributed by atoms with van der Waals surface area (Å²) < 4.78 is 31.5. The average Bonchev–Trinajstić information content (AvgIpc) is 2.12. The molecule has 2 amide bonds. The number of unbranched alkanes of at least 4 members (excludes halogenated alkanes) is 53. The highest BCUT2D eigenvalue weighted by Gasteiger charge is 2.20. The molecule has 582 valence electrons. The largest absolute Gasteiger partial charge is 0.463 e. The number of aliphatic hydroxyl groups excluding tert-OH is 1. The molecule has 15 nitrogen and oxygen atoms in total. The van der Waals surface area contributed by atoms with E-state index >= 15 is 0 Å². The van der Waals surface area contributed by atoms with E-state index in [9.17, 15) is 34.1 Å². The number of carbonyl (C=O) groups is 4. The Hall–Kier alpha value is -1.38. The maximum Gasteiger partial charge on any atom is 0.330 e. The van der Waals surface area contributed by atoms with Crippen LogP contribution < -0.4 is 10.6 Å². The van der Waals surface area contributed by atoms with Crippen LogP contribution in [0.15, 0.2) is 0 Å². The van der Waals surface area contributed by atoms with Crippen LogP contribution in [0.3, 0.4) is 0 Å². The monoisotopic (exact) mass is 1420 g/mol. The first-order valence-electron chi connectivity index (χ1n) is 41.3. The first-order valence-corrected chi connectivity index (χ1v) is 43.6. The van der Waals surface area contributed by atoms with Crippen molar-refractivity contribution in [2.45, 2.75) is 445 Å². The van der Waals surface area contributed by atoms with Crippen LogP contribution in [0.25, 0.3) is 0 Å². The van der Waals surface area contributed by atoms with Crippen molar-refractivity contribution in [3.8, 4) is 0 Å². The molecule has 0 rings (SSSR count). The maximum absolute atomic E-state index is 12.5. The Bertz CT molecular complexity index is 1480. The maximum atomic E-state index is 12.5. The SMILES string of the molecule is CC.CCCCCCCCCCCCCCCC=O.CCCCCCCCCCCCCCCCC.CCCCCCCCCCCCCCCCCC(=O)OCC(COP(O)OCC(O)COP(O)OCC(COC)NC(=O)CCCCCCCCCCCCCCC)NC=O. The molecule has 0 saturated carbocycles. The Morgan fingerprint density at radius 1 is 0.351 bits per heavy atom. The average molecular weight is 1420 g/mol. The minimum absolute atomic E-state index is 0.0480. The molecule has 0 aromatic heterocycles. The summed E-state index contributed by atoms with van der Waals surface area (Å²) in [6, 6.07) is -1.18. The van der Waals surface area contributed by atoms with Crippen LogP contribution in [0.5, 0.6) is 0 Å². The number of nitrogens with one attached hydrogen (secondary N) is 2. The molecule has 0 radical (unpaired) electrons. The number of methoxy groups -OCH3 is 1. The quantitative estimate of drug-likeness (QED) is 0.0166. The molecule has 0 saturated heterocycles. The van der Waals surface area contributed by atoms with E-state index in [0.29, 0.717) is 19.3 Å². The lowest BCUT2D eigenvalue weighted by molar-refractivity contribution is -0.145. The molecular weight excluding hydrogens is 1260 g/mol. The van der Waals surface area contributed by atoms with Gasteiger partial charge in [-0.05, 0) is 19.3 Å². The standard InChI is InChI=1S/C45H90N2O12P2.C17H36.C16H32O.C2H6/c1-4-6-8-10-12-14-16-18-19-21-23-25-27-29-31-33-45(51)55-35-41(46-40-48)36-56-60(52)58-38-43(49)39-59-61(53)57-37-42(34-54-3)47-44(50)32-30-28-26-24-22-20-17-15-13-11-9-7-5-2;1-3-5-7-9-11-13-15-17-16-14-12-10-8-6-4-2;1-2-3-4-5-6-7-8-9-10-11-12-13-14-15-16-17;1-2/h40-43,49,52-53H,4-39H2,1-3H3,(H,46,48)(H,47,50);3-17H2,1-2H3;16H,2-15H2,1H3;1-2H3. The van der Waals surface area contributed by atoms with Crippen LogP contribution in [0.2, 0.25) is 0 Å². The lowest BCUT2D eigenvalue weighted by Gasteiger charge is -2.20. The number of carbonyl (C=O) groups excluding carboxylic acids is 4. The lowest BCUT2D eigenvalue weighted by Crippen LogP contribution is -2.41. The second kappa shape index (κ2) is 92.6. The zero-order chi connectivity index (χ0) is 72.1. The number of rotatable bonds is 77. The third-order valence-corrected chi connectivity index (χ3v) is 19.1. The van der Waals surface area contributed by atoms with E-state index in [1.807, 2.05) is 13.8 Å². The molecule has 0 aromatic carbocycles. The number of hydrogen-bond acceptors (Lipinski definition) is 13. The van der Waals surface area contributed by atoms with E-state index < -0.39 is 35.4 Å². The smallest absolute Gasteiger partial charge is 0.330 e. The molecule has 0 spiro atoms. The highest BCUT2D eigenvalue weighted by Crippen LogP contribution is 2.35. The van der Waals surface area contributed by atoms with Gasteiger partial charge in [-0.15, -0.1) is 0 Å². The predicted molar refractivity (Wildman–Crippen MR) is 414 cm³/mol. The summed E-state index contributed by atoms with van der Waals surface area (Å²) in [6.45, 7) is 14.5. The third-order valence-electron chi connectivity index (χ3n) is 17.6. The summed E-state index contributed by atoms with van der Waals surface area (Å²) in [6.07, 6.45) is 76.2. The van der Waals surface area contributed by atoms with Gasteiger partial charge in [0.2, 0.25) is 12.3 Å². The van der Waals surface area contributed by atoms with Gasteiger partial charge in [-0.1, -0.05) is 389 Å². The van der Waals surface area contributed by atoms with E-state index in [-0.39, 0.29) is 51.5 Å².